The van der Waals surface area contributed by atoms with Gasteiger partial charge in [-0.05, 0) is 48.1 Å². The fourth-order valence-electron chi connectivity index (χ4n) is 5.12. The van der Waals surface area contributed by atoms with Crippen molar-refractivity contribution in [3.63, 3.8) is 0 Å². The Labute approximate surface area is 229 Å². The quantitative estimate of drug-likeness (QED) is 0.339. The topological polar surface area (TPSA) is 93.8 Å². The molecule has 0 fully saturated rings. The van der Waals surface area contributed by atoms with Gasteiger partial charge in [0.25, 0.3) is 0 Å². The number of nitrogens with one attached hydrogen (secondary N) is 1. The molecule has 1 atom stereocenters. The molecule has 1 N–H and O–H groups in total. The van der Waals surface area contributed by atoms with Crippen molar-refractivity contribution in [1.82, 2.24) is 34.4 Å². The van der Waals surface area contributed by atoms with Crippen LogP contribution in [0.25, 0.3) is 21.9 Å². The molecule has 1 aliphatic heterocycles. The van der Waals surface area contributed by atoms with E-state index in [1.165, 1.54) is 0 Å². The second-order valence-electron chi connectivity index (χ2n) is 9.97. The highest BCUT2D eigenvalue weighted by molar-refractivity contribution is 6.36. The summed E-state index contributed by atoms with van der Waals surface area (Å²) in [6.45, 7) is 2.64. The van der Waals surface area contributed by atoms with Crippen molar-refractivity contribution >= 4 is 39.9 Å². The van der Waals surface area contributed by atoms with E-state index in [2.05, 4.69) is 25.5 Å². The lowest BCUT2D eigenvalue weighted by atomic mass is 9.97. The standard InChI is InChI=1S/C28H26ClFN8O/c1-16-4-5-31-11-21(16)20-7-18-8-24(32-12-22(18)27(29)28(20)30)34-25-9-23-19(6-17-10-33-37(3)13-17)14-36(2)26(39)15-38(23)35-25/h4-5,7-13,19H,6,14-15H2,1-3H3,(H,32,34,35). The number of likely N-dealkylation sites (N-methyl/N-ethyl adjacent to an activating group) is 1. The van der Waals surface area contributed by atoms with E-state index in [-0.39, 0.29) is 23.4 Å². The van der Waals surface area contributed by atoms with E-state index < -0.39 is 5.82 Å². The van der Waals surface area contributed by atoms with Crippen LogP contribution in [-0.2, 0) is 24.8 Å². The Morgan fingerprint density at radius 2 is 1.97 bits per heavy atom. The zero-order valence-corrected chi connectivity index (χ0v) is 22.4. The number of aromatic nitrogens is 6. The Bertz CT molecular complexity index is 1730. The number of pyridine rings is 2. The van der Waals surface area contributed by atoms with Crippen LogP contribution in [0.5, 0.6) is 0 Å². The van der Waals surface area contributed by atoms with Crippen molar-refractivity contribution in [3.05, 3.63) is 82.9 Å². The Morgan fingerprint density at radius 3 is 2.74 bits per heavy atom. The van der Waals surface area contributed by atoms with Gasteiger partial charge in [-0.25, -0.2) is 9.37 Å². The lowest BCUT2D eigenvalue weighted by Gasteiger charge is -2.19. The van der Waals surface area contributed by atoms with E-state index in [0.717, 1.165) is 28.6 Å². The van der Waals surface area contributed by atoms with Gasteiger partial charge in [-0.1, -0.05) is 11.6 Å². The highest BCUT2D eigenvalue weighted by atomic mass is 35.5. The molecule has 1 unspecified atom stereocenters. The van der Waals surface area contributed by atoms with Gasteiger partial charge in [0.1, 0.15) is 18.2 Å². The third-order valence-corrected chi connectivity index (χ3v) is 7.53. The summed E-state index contributed by atoms with van der Waals surface area (Å²) in [4.78, 5) is 23.0. The molecule has 11 heteroatoms. The van der Waals surface area contributed by atoms with Crippen LogP contribution in [-0.4, -0.2) is 53.9 Å². The second-order valence-corrected chi connectivity index (χ2v) is 10.3. The van der Waals surface area contributed by atoms with Crippen molar-refractivity contribution in [2.24, 2.45) is 7.05 Å². The number of hydrogen-bond acceptors (Lipinski definition) is 6. The van der Waals surface area contributed by atoms with Gasteiger partial charge in [-0.3, -0.25) is 19.1 Å². The van der Waals surface area contributed by atoms with Crippen LogP contribution in [0.3, 0.4) is 0 Å². The molecule has 198 valence electrons. The van der Waals surface area contributed by atoms with Gasteiger partial charge in [-0.2, -0.15) is 10.2 Å². The predicted octanol–water partition coefficient (Wildman–Crippen LogP) is 4.87. The molecule has 1 aromatic carbocycles. The van der Waals surface area contributed by atoms with Gasteiger partial charge in [0, 0.05) is 79.6 Å². The molecule has 0 bridgehead atoms. The summed E-state index contributed by atoms with van der Waals surface area (Å²) in [5.74, 6) is 0.639. The molecule has 5 heterocycles. The molecule has 5 aromatic rings. The number of aryl methyl sites for hydroxylation is 2. The molecular weight excluding hydrogens is 519 g/mol. The minimum absolute atomic E-state index is 0.00156. The summed E-state index contributed by atoms with van der Waals surface area (Å²) < 4.78 is 18.7. The zero-order valence-electron chi connectivity index (χ0n) is 21.7. The summed E-state index contributed by atoms with van der Waals surface area (Å²) in [5, 5.41) is 13.5. The fourth-order valence-corrected chi connectivity index (χ4v) is 5.38. The highest BCUT2D eigenvalue weighted by Crippen LogP contribution is 2.36. The van der Waals surface area contributed by atoms with E-state index in [0.29, 0.717) is 34.7 Å². The minimum atomic E-state index is -0.505. The number of halogens is 2. The summed E-state index contributed by atoms with van der Waals surface area (Å²) in [6.07, 6.45) is 9.42. The molecule has 0 saturated carbocycles. The SMILES string of the molecule is Cc1ccncc1-c1cc2cc(Nc3cc4n(n3)CC(=O)N(C)CC4Cc3cnn(C)c3)ncc2c(Cl)c1F. The Morgan fingerprint density at radius 1 is 1.13 bits per heavy atom. The third kappa shape index (κ3) is 4.72. The molecule has 4 aromatic heterocycles. The first-order valence-corrected chi connectivity index (χ1v) is 12.9. The van der Waals surface area contributed by atoms with Gasteiger partial charge in [0.05, 0.1) is 11.2 Å². The molecule has 39 heavy (non-hydrogen) atoms. The number of benzene rings is 1. The number of amides is 1. The Hall–Kier alpha value is -4.31. The summed E-state index contributed by atoms with van der Waals surface area (Å²) in [7, 11) is 3.70. The van der Waals surface area contributed by atoms with Crippen molar-refractivity contribution in [2.75, 3.05) is 18.9 Å². The van der Waals surface area contributed by atoms with Gasteiger partial charge in [0.2, 0.25) is 5.91 Å². The maximum atomic E-state index is 15.2. The van der Waals surface area contributed by atoms with Crippen molar-refractivity contribution in [1.29, 1.82) is 0 Å². The largest absolute Gasteiger partial charge is 0.343 e. The lowest BCUT2D eigenvalue weighted by molar-refractivity contribution is -0.130. The van der Waals surface area contributed by atoms with Gasteiger partial charge < -0.3 is 10.2 Å². The molecule has 0 aliphatic carbocycles. The number of hydrogen-bond donors (Lipinski definition) is 1. The average molecular weight is 545 g/mol. The first-order valence-electron chi connectivity index (χ1n) is 12.5. The highest BCUT2D eigenvalue weighted by Gasteiger charge is 2.28. The number of carbonyl (C=O) groups excluding carboxylic acids is 1. The van der Waals surface area contributed by atoms with Crippen molar-refractivity contribution < 1.29 is 9.18 Å². The van der Waals surface area contributed by atoms with E-state index in [1.54, 1.807) is 38.9 Å². The van der Waals surface area contributed by atoms with Crippen LogP contribution in [0.1, 0.15) is 22.7 Å². The molecule has 0 radical (unpaired) electrons. The van der Waals surface area contributed by atoms with Gasteiger partial charge in [-0.15, -0.1) is 0 Å². The molecule has 1 amide bonds. The zero-order chi connectivity index (χ0) is 27.3. The molecule has 6 rings (SSSR count). The number of anilines is 2. The van der Waals surface area contributed by atoms with Crippen LogP contribution >= 0.6 is 11.6 Å². The van der Waals surface area contributed by atoms with Crippen LogP contribution in [0.4, 0.5) is 16.0 Å². The van der Waals surface area contributed by atoms with Crippen molar-refractivity contribution in [2.45, 2.75) is 25.8 Å². The number of carbonyl (C=O) groups is 1. The molecular formula is C28H26ClFN8O. The normalized spacial score (nSPS) is 15.5. The minimum Gasteiger partial charge on any atom is -0.343 e. The Balaban J connectivity index is 1.34. The number of fused-ring (bicyclic) bond motifs is 2. The monoisotopic (exact) mass is 544 g/mol. The lowest BCUT2D eigenvalue weighted by Crippen LogP contribution is -2.30. The first kappa shape index (κ1) is 25.0. The van der Waals surface area contributed by atoms with E-state index >= 15 is 4.39 Å². The summed E-state index contributed by atoms with van der Waals surface area (Å²) in [6, 6.07) is 7.36. The van der Waals surface area contributed by atoms with E-state index in [9.17, 15) is 4.79 Å². The van der Waals surface area contributed by atoms with Crippen LogP contribution in [0, 0.1) is 12.7 Å². The van der Waals surface area contributed by atoms with Gasteiger partial charge >= 0.3 is 0 Å². The van der Waals surface area contributed by atoms with E-state index in [4.69, 9.17) is 11.6 Å². The van der Waals surface area contributed by atoms with E-state index in [1.807, 2.05) is 51.6 Å². The van der Waals surface area contributed by atoms with Crippen LogP contribution in [0.15, 0.2) is 55.2 Å². The predicted molar refractivity (Wildman–Crippen MR) is 147 cm³/mol. The fraction of sp³-hybridized carbons (Fsp3) is 0.250. The maximum Gasteiger partial charge on any atom is 0.244 e. The second kappa shape index (κ2) is 9.77. The van der Waals surface area contributed by atoms with Gasteiger partial charge in [0.15, 0.2) is 5.82 Å². The third-order valence-electron chi connectivity index (χ3n) is 7.16. The summed E-state index contributed by atoms with van der Waals surface area (Å²) in [5.41, 5.74) is 4.00. The molecule has 0 spiro atoms. The van der Waals surface area contributed by atoms with Crippen LogP contribution in [0.2, 0.25) is 5.02 Å². The number of nitrogens with zero attached hydrogens (tertiary/aromatic N) is 7. The first-order chi connectivity index (χ1) is 18.8. The van der Waals surface area contributed by atoms with Crippen LogP contribution < -0.4 is 5.32 Å². The Kier molecular flexibility index (Phi) is 6.26. The smallest absolute Gasteiger partial charge is 0.244 e. The van der Waals surface area contributed by atoms with Crippen molar-refractivity contribution in [3.8, 4) is 11.1 Å². The number of rotatable bonds is 5. The molecule has 0 saturated heterocycles. The molecule has 1 aliphatic rings. The average Bonchev–Trinajstić information content (AvgIpc) is 3.48. The molecule has 9 nitrogen and oxygen atoms in total. The summed E-state index contributed by atoms with van der Waals surface area (Å²) >= 11 is 6.43. The maximum absolute atomic E-state index is 15.2.